The molecule has 0 bridgehead atoms. The Bertz CT molecular complexity index is 120. The maximum Gasteiger partial charge on any atom is 0.466 e. The highest BCUT2D eigenvalue weighted by atomic mass is 31.2. The lowest BCUT2D eigenvalue weighted by Gasteiger charge is -1.82. The molecule has 0 aromatic carbocycles. The molecule has 8 N–H and O–H groups in total. The third-order valence-electron chi connectivity index (χ3n) is 0. The van der Waals surface area contributed by atoms with Gasteiger partial charge in [-0.2, -0.15) is 0 Å². The molecule has 9 nitrogen and oxygen atoms in total. The van der Waals surface area contributed by atoms with Gasteiger partial charge in [0, 0.05) is 0 Å². The van der Waals surface area contributed by atoms with E-state index in [9.17, 15) is 0 Å². The van der Waals surface area contributed by atoms with Gasteiger partial charge in [0.05, 0.1) is 0 Å². The Morgan fingerprint density at radius 3 is 0.636 bits per heavy atom. The monoisotopic (exact) mass is 214 g/mol. The van der Waals surface area contributed by atoms with Crippen molar-refractivity contribution in [2.45, 2.75) is 0 Å². The molecule has 0 radical (unpaired) electrons. The van der Waals surface area contributed by atoms with E-state index in [0.29, 0.717) is 0 Å². The second kappa shape index (κ2) is 5.78. The molecule has 0 aromatic heterocycles. The Balaban J connectivity index is -0.000000107. The van der Waals surface area contributed by atoms with Gasteiger partial charge >= 0.3 is 15.6 Å². The Morgan fingerprint density at radius 1 is 0.636 bits per heavy atom. The van der Waals surface area contributed by atoms with Gasteiger partial charge in [-0.15, -0.1) is 0 Å². The lowest BCUT2D eigenvalue weighted by molar-refractivity contribution is 0.272. The van der Waals surface area contributed by atoms with Crippen molar-refractivity contribution < 1.29 is 44.0 Å². The van der Waals surface area contributed by atoms with Gasteiger partial charge in [0.25, 0.3) is 0 Å². The summed E-state index contributed by atoms with van der Waals surface area (Å²) in [6, 6.07) is 0. The van der Waals surface area contributed by atoms with E-state index in [1.54, 1.807) is 0 Å². The molecule has 0 aliphatic rings. The van der Waals surface area contributed by atoms with Crippen LogP contribution in [-0.2, 0) is 9.13 Å². The van der Waals surface area contributed by atoms with Crippen LogP contribution in [0.25, 0.3) is 0 Å². The van der Waals surface area contributed by atoms with Crippen LogP contribution in [0.4, 0.5) is 0 Å². The van der Waals surface area contributed by atoms with Crippen LogP contribution in [-0.4, -0.2) is 34.8 Å². The third kappa shape index (κ3) is 21000. The Morgan fingerprint density at radius 2 is 0.636 bits per heavy atom. The molecule has 0 unspecified atom stereocenters. The smallest absolute Gasteiger partial charge is 0.412 e. The number of phosphoric acid groups is 2. The molecule has 0 saturated heterocycles. The van der Waals surface area contributed by atoms with Crippen molar-refractivity contribution in [3.8, 4) is 0 Å². The van der Waals surface area contributed by atoms with Crippen molar-refractivity contribution in [3.63, 3.8) is 0 Å². The van der Waals surface area contributed by atoms with Crippen LogP contribution in [0.15, 0.2) is 0 Å². The second-order valence-corrected chi connectivity index (χ2v) is 3.08. The number of hydrogen-bond acceptors (Lipinski definition) is 2. The lowest BCUT2D eigenvalue weighted by Crippen LogP contribution is -1.66. The van der Waals surface area contributed by atoms with Gasteiger partial charge in [-0.05, 0) is 0 Å². The maximum absolute atomic E-state index is 8.88. The second-order valence-electron chi connectivity index (χ2n) is 1.03. The van der Waals surface area contributed by atoms with Crippen molar-refractivity contribution in [3.05, 3.63) is 0 Å². The number of hydrogen-bond donors (Lipinski definition) is 6. The lowest BCUT2D eigenvalue weighted by atomic mass is 15.8. The normalized spacial score (nSPS) is 10.7. The summed E-state index contributed by atoms with van der Waals surface area (Å²) in [5, 5.41) is 0. The van der Waals surface area contributed by atoms with E-state index >= 15 is 0 Å². The van der Waals surface area contributed by atoms with E-state index in [1.165, 1.54) is 0 Å². The quantitative estimate of drug-likeness (QED) is 0.235. The summed E-state index contributed by atoms with van der Waals surface area (Å²) < 4.78 is 17.8. The Labute approximate surface area is 60.7 Å². The molecule has 0 spiro atoms. The van der Waals surface area contributed by atoms with Crippen molar-refractivity contribution in [2.75, 3.05) is 0 Å². The van der Waals surface area contributed by atoms with Crippen LogP contribution in [0.2, 0.25) is 0 Å². The molecule has 0 saturated carbocycles. The van der Waals surface area contributed by atoms with Gasteiger partial charge in [-0.1, -0.05) is 0 Å². The summed E-state index contributed by atoms with van der Waals surface area (Å²) in [7, 11) is -9.28. The highest BCUT2D eigenvalue weighted by Gasteiger charge is 2.00. The summed E-state index contributed by atoms with van der Waals surface area (Å²) in [5.41, 5.74) is 0. The van der Waals surface area contributed by atoms with Gasteiger partial charge in [0.15, 0.2) is 0 Å². The zero-order valence-electron chi connectivity index (χ0n) is 4.89. The fourth-order valence-corrected chi connectivity index (χ4v) is 0. The summed E-state index contributed by atoms with van der Waals surface area (Å²) in [6.07, 6.45) is 0. The summed E-state index contributed by atoms with van der Waals surface area (Å²) in [4.78, 5) is 43.1. The molecule has 0 aliphatic carbocycles. The van der Waals surface area contributed by atoms with Gasteiger partial charge in [0.2, 0.25) is 0 Å². The predicted octanol–water partition coefficient (Wildman–Crippen LogP) is -2.68. The van der Waals surface area contributed by atoms with E-state index in [0.717, 1.165) is 0 Å². The molecule has 0 aromatic rings. The maximum atomic E-state index is 8.88. The van der Waals surface area contributed by atoms with E-state index in [-0.39, 0.29) is 5.48 Å². The average molecular weight is 214 g/mol. The first-order valence-electron chi connectivity index (χ1n) is 1.57. The first kappa shape index (κ1) is 17.3. The van der Waals surface area contributed by atoms with Gasteiger partial charge in [-0.3, -0.25) is 0 Å². The van der Waals surface area contributed by atoms with E-state index in [4.69, 9.17) is 38.5 Å². The van der Waals surface area contributed by atoms with Crippen molar-refractivity contribution in [1.29, 1.82) is 0 Å². The van der Waals surface area contributed by atoms with Crippen molar-refractivity contribution >= 4 is 15.6 Å². The SMILES string of the molecule is O.O=P(O)(O)O.O=P(O)(O)O. The van der Waals surface area contributed by atoms with Crippen LogP contribution >= 0.6 is 15.6 Å². The molecular formula is H8O9P2. The molecule has 0 heterocycles. The van der Waals surface area contributed by atoms with E-state index in [2.05, 4.69) is 0 Å². The summed E-state index contributed by atoms with van der Waals surface area (Å²) in [6.45, 7) is 0. The van der Waals surface area contributed by atoms with Crippen molar-refractivity contribution in [1.82, 2.24) is 0 Å². The molecule has 0 rings (SSSR count). The largest absolute Gasteiger partial charge is 0.466 e. The molecule has 0 amide bonds. The summed E-state index contributed by atoms with van der Waals surface area (Å²) in [5.74, 6) is 0. The third-order valence-corrected chi connectivity index (χ3v) is 0. The highest BCUT2D eigenvalue weighted by Crippen LogP contribution is 2.26. The first-order valence-corrected chi connectivity index (χ1v) is 4.70. The van der Waals surface area contributed by atoms with Gasteiger partial charge in [-0.25, -0.2) is 9.13 Å². The molecule has 0 fully saturated rings. The minimum absolute atomic E-state index is 0. The first-order chi connectivity index (χ1) is 4.00. The van der Waals surface area contributed by atoms with Crippen LogP contribution in [0.1, 0.15) is 0 Å². The highest BCUT2D eigenvalue weighted by molar-refractivity contribution is 7.45. The standard InChI is InChI=1S/2H3O4P.H2O/c2*1-5(2,3)4;/h2*(H3,1,2,3,4);1H2. The Kier molecular flexibility index (Phi) is 9.10. The van der Waals surface area contributed by atoms with E-state index in [1.807, 2.05) is 0 Å². The number of rotatable bonds is 0. The fraction of sp³-hybridized carbons (Fsp3) is 0. The molecular weight excluding hydrogens is 206 g/mol. The molecule has 0 atom stereocenters. The van der Waals surface area contributed by atoms with Crippen molar-refractivity contribution in [2.24, 2.45) is 0 Å². The van der Waals surface area contributed by atoms with Crippen LogP contribution in [0, 0.1) is 0 Å². The zero-order chi connectivity index (χ0) is 9.00. The molecule has 11 heteroatoms. The van der Waals surface area contributed by atoms with Crippen LogP contribution in [0.3, 0.4) is 0 Å². The fourth-order valence-electron chi connectivity index (χ4n) is 0. The van der Waals surface area contributed by atoms with Crippen LogP contribution in [0.5, 0.6) is 0 Å². The van der Waals surface area contributed by atoms with Crippen LogP contribution < -0.4 is 0 Å². The summed E-state index contributed by atoms with van der Waals surface area (Å²) >= 11 is 0. The predicted molar refractivity (Wildman–Crippen MR) is 32.1 cm³/mol. The minimum Gasteiger partial charge on any atom is -0.412 e. The average Bonchev–Trinajstić information content (AvgIpc) is 1.12. The molecule has 72 valence electrons. The Hall–Kier alpha value is 0.180. The van der Waals surface area contributed by atoms with E-state index < -0.39 is 15.6 Å². The van der Waals surface area contributed by atoms with Gasteiger partial charge in [0.1, 0.15) is 0 Å². The van der Waals surface area contributed by atoms with Gasteiger partial charge < -0.3 is 34.8 Å². The zero-order valence-corrected chi connectivity index (χ0v) is 6.68. The minimum atomic E-state index is -4.64. The molecule has 11 heavy (non-hydrogen) atoms. The topological polar surface area (TPSA) is 187 Å². The molecule has 0 aliphatic heterocycles.